The molecule has 1 aromatic carbocycles. The third kappa shape index (κ3) is 3.34. The number of carboxylic acid groups (broad SMARTS) is 1. The second kappa shape index (κ2) is 6.01. The van der Waals surface area contributed by atoms with Gasteiger partial charge in [-0.2, -0.15) is 0 Å². The van der Waals surface area contributed by atoms with Gasteiger partial charge in [-0.05, 0) is 30.9 Å². The summed E-state index contributed by atoms with van der Waals surface area (Å²) < 4.78 is 0.584. The summed E-state index contributed by atoms with van der Waals surface area (Å²) >= 11 is 3.19. The smallest absolute Gasteiger partial charge is 0.329 e. The van der Waals surface area contributed by atoms with Crippen molar-refractivity contribution in [1.29, 1.82) is 0 Å². The minimum Gasteiger partial charge on any atom is -0.480 e. The van der Waals surface area contributed by atoms with Gasteiger partial charge in [-0.15, -0.1) is 0 Å². The molecular formula is C14H17BrN2O4. The first-order valence-electron chi connectivity index (χ1n) is 6.79. The van der Waals surface area contributed by atoms with Gasteiger partial charge in [-0.25, -0.2) is 4.79 Å². The van der Waals surface area contributed by atoms with Crippen LogP contribution in [-0.2, 0) is 4.79 Å². The fraction of sp³-hybridized carbons (Fsp3) is 0.500. The van der Waals surface area contributed by atoms with Crippen LogP contribution < -0.4 is 5.32 Å². The van der Waals surface area contributed by atoms with Gasteiger partial charge >= 0.3 is 5.97 Å². The van der Waals surface area contributed by atoms with E-state index in [0.29, 0.717) is 17.3 Å². The lowest BCUT2D eigenvalue weighted by atomic mass is 9.76. The third-order valence-corrected chi connectivity index (χ3v) is 4.43. The quantitative estimate of drug-likeness (QED) is 0.632. The summed E-state index contributed by atoms with van der Waals surface area (Å²) in [6, 6.07) is 4.59. The molecule has 0 spiro atoms. The number of benzene rings is 1. The fourth-order valence-corrected chi connectivity index (χ4v) is 3.28. The molecule has 0 radical (unpaired) electrons. The molecule has 1 aromatic rings. The Kier molecular flexibility index (Phi) is 4.51. The van der Waals surface area contributed by atoms with Gasteiger partial charge in [-0.3, -0.25) is 10.1 Å². The monoisotopic (exact) mass is 356 g/mol. The van der Waals surface area contributed by atoms with Gasteiger partial charge in [-0.1, -0.05) is 35.7 Å². The molecule has 0 bridgehead atoms. The maximum atomic E-state index is 11.7. The number of hydrogen-bond donors (Lipinski definition) is 2. The van der Waals surface area contributed by atoms with Crippen LogP contribution in [0, 0.1) is 16.0 Å². The highest BCUT2D eigenvalue weighted by Crippen LogP contribution is 2.38. The molecule has 2 N–H and O–H groups in total. The first-order valence-corrected chi connectivity index (χ1v) is 7.59. The second-order valence-electron chi connectivity index (χ2n) is 5.63. The predicted octanol–water partition coefficient (Wildman–Crippen LogP) is 3.80. The lowest BCUT2D eigenvalue weighted by molar-refractivity contribution is -0.384. The van der Waals surface area contributed by atoms with Crippen LogP contribution in [0.25, 0.3) is 0 Å². The molecule has 21 heavy (non-hydrogen) atoms. The lowest BCUT2D eigenvalue weighted by Crippen LogP contribution is -2.49. The molecule has 0 amide bonds. The predicted molar refractivity (Wildman–Crippen MR) is 82.4 cm³/mol. The van der Waals surface area contributed by atoms with E-state index in [1.54, 1.807) is 12.1 Å². The van der Waals surface area contributed by atoms with Crippen LogP contribution in [0.1, 0.15) is 32.6 Å². The maximum Gasteiger partial charge on any atom is 0.329 e. The van der Waals surface area contributed by atoms with Gasteiger partial charge in [0.15, 0.2) is 0 Å². The van der Waals surface area contributed by atoms with Crippen molar-refractivity contribution >= 4 is 33.3 Å². The minimum atomic E-state index is -1.13. The molecule has 1 aliphatic rings. The Balaban J connectivity index is 2.38. The Hall–Kier alpha value is -1.63. The number of nitro groups is 1. The van der Waals surface area contributed by atoms with E-state index in [0.717, 1.165) is 12.8 Å². The highest BCUT2D eigenvalue weighted by molar-refractivity contribution is 9.10. The van der Waals surface area contributed by atoms with Gasteiger partial charge in [0.1, 0.15) is 11.2 Å². The van der Waals surface area contributed by atoms with E-state index < -0.39 is 16.4 Å². The van der Waals surface area contributed by atoms with Crippen molar-refractivity contribution in [3.63, 3.8) is 0 Å². The maximum absolute atomic E-state index is 11.7. The van der Waals surface area contributed by atoms with E-state index in [1.807, 2.05) is 6.92 Å². The van der Waals surface area contributed by atoms with Crippen molar-refractivity contribution in [3.8, 4) is 0 Å². The Morgan fingerprint density at radius 1 is 1.57 bits per heavy atom. The molecule has 0 aromatic heterocycles. The van der Waals surface area contributed by atoms with E-state index in [9.17, 15) is 20.0 Å². The van der Waals surface area contributed by atoms with Gasteiger partial charge in [0.2, 0.25) is 0 Å². The van der Waals surface area contributed by atoms with Crippen LogP contribution in [0.3, 0.4) is 0 Å². The number of carbonyl (C=O) groups is 1. The molecule has 6 nitrogen and oxygen atoms in total. The molecule has 7 heteroatoms. The van der Waals surface area contributed by atoms with Crippen LogP contribution in [-0.4, -0.2) is 21.5 Å². The Labute approximate surface area is 130 Å². The van der Waals surface area contributed by atoms with E-state index in [1.165, 1.54) is 6.07 Å². The second-order valence-corrected chi connectivity index (χ2v) is 6.55. The largest absolute Gasteiger partial charge is 0.480 e. The lowest BCUT2D eigenvalue weighted by Gasteiger charge is -2.37. The standard InChI is InChI=1S/C14H17BrN2O4/c1-9-3-2-6-14(8-9,13(18)19)16-11-5-4-10(15)7-12(11)17(20)21/h4-5,7,9,16H,2-3,6,8H2,1H3,(H,18,19). The Morgan fingerprint density at radius 3 is 2.86 bits per heavy atom. The topological polar surface area (TPSA) is 92.5 Å². The van der Waals surface area contributed by atoms with Crippen molar-refractivity contribution in [2.24, 2.45) is 5.92 Å². The number of rotatable bonds is 4. The average molecular weight is 357 g/mol. The Bertz CT molecular complexity index is 578. The highest BCUT2D eigenvalue weighted by atomic mass is 79.9. The molecule has 0 aliphatic heterocycles. The SMILES string of the molecule is CC1CCCC(Nc2ccc(Br)cc2[N+](=O)[O-])(C(=O)O)C1. The zero-order valence-electron chi connectivity index (χ0n) is 11.6. The number of halogens is 1. The zero-order chi connectivity index (χ0) is 15.6. The van der Waals surface area contributed by atoms with Gasteiger partial charge in [0.05, 0.1) is 4.92 Å². The number of aliphatic carboxylic acids is 1. The number of nitrogens with one attached hydrogen (secondary N) is 1. The number of nitro benzene ring substituents is 1. The molecule has 0 saturated heterocycles. The zero-order valence-corrected chi connectivity index (χ0v) is 13.2. The number of nitrogens with zero attached hydrogens (tertiary/aromatic N) is 1. The van der Waals surface area contributed by atoms with E-state index in [-0.39, 0.29) is 17.3 Å². The van der Waals surface area contributed by atoms with Crippen molar-refractivity contribution in [1.82, 2.24) is 0 Å². The summed E-state index contributed by atoms with van der Waals surface area (Å²) in [6.07, 6.45) is 2.72. The normalized spacial score (nSPS) is 25.3. The van der Waals surface area contributed by atoms with Crippen molar-refractivity contribution in [2.75, 3.05) is 5.32 Å². The molecule has 114 valence electrons. The van der Waals surface area contributed by atoms with Crippen molar-refractivity contribution in [3.05, 3.63) is 32.8 Å². The van der Waals surface area contributed by atoms with Crippen LogP contribution in [0.15, 0.2) is 22.7 Å². The van der Waals surface area contributed by atoms with E-state index >= 15 is 0 Å². The number of carboxylic acids is 1. The summed E-state index contributed by atoms with van der Waals surface area (Å²) in [5.41, 5.74) is -1.00. The van der Waals surface area contributed by atoms with E-state index in [4.69, 9.17) is 0 Å². The van der Waals surface area contributed by atoms with Gasteiger partial charge < -0.3 is 10.4 Å². The first-order chi connectivity index (χ1) is 9.84. The molecule has 1 saturated carbocycles. The molecule has 2 unspecified atom stereocenters. The summed E-state index contributed by atoms with van der Waals surface area (Å²) in [6.45, 7) is 2.01. The van der Waals surface area contributed by atoms with Gasteiger partial charge in [0, 0.05) is 10.5 Å². The van der Waals surface area contributed by atoms with Crippen LogP contribution in [0.4, 0.5) is 11.4 Å². The molecular weight excluding hydrogens is 340 g/mol. The molecule has 1 aliphatic carbocycles. The van der Waals surface area contributed by atoms with Crippen molar-refractivity contribution in [2.45, 2.75) is 38.1 Å². The highest BCUT2D eigenvalue weighted by Gasteiger charge is 2.42. The molecule has 2 atom stereocenters. The summed E-state index contributed by atoms with van der Waals surface area (Å²) in [4.78, 5) is 22.4. The summed E-state index contributed by atoms with van der Waals surface area (Å²) in [5.74, 6) is -0.678. The number of hydrogen-bond acceptors (Lipinski definition) is 4. The van der Waals surface area contributed by atoms with Crippen LogP contribution in [0.5, 0.6) is 0 Å². The summed E-state index contributed by atoms with van der Waals surface area (Å²) in [5, 5.41) is 23.7. The van der Waals surface area contributed by atoms with Crippen LogP contribution >= 0.6 is 15.9 Å². The van der Waals surface area contributed by atoms with E-state index in [2.05, 4.69) is 21.2 Å². The molecule has 1 fully saturated rings. The fourth-order valence-electron chi connectivity index (χ4n) is 2.93. The Morgan fingerprint density at radius 2 is 2.29 bits per heavy atom. The molecule has 0 heterocycles. The first kappa shape index (κ1) is 15.8. The average Bonchev–Trinajstić information content (AvgIpc) is 2.40. The summed E-state index contributed by atoms with van der Waals surface area (Å²) in [7, 11) is 0. The minimum absolute atomic E-state index is 0.122. The number of anilines is 1. The van der Waals surface area contributed by atoms with Crippen LogP contribution in [0.2, 0.25) is 0 Å². The van der Waals surface area contributed by atoms with Gasteiger partial charge in [0.25, 0.3) is 5.69 Å². The van der Waals surface area contributed by atoms with Crippen molar-refractivity contribution < 1.29 is 14.8 Å². The third-order valence-electron chi connectivity index (χ3n) is 3.94. The molecule has 2 rings (SSSR count).